The van der Waals surface area contributed by atoms with E-state index >= 15 is 0 Å². The number of carbonyl (C=O) groups excluding carboxylic acids is 1. The highest BCUT2D eigenvalue weighted by Crippen LogP contribution is 2.39. The van der Waals surface area contributed by atoms with Crippen molar-refractivity contribution in [2.75, 3.05) is 17.7 Å². The predicted molar refractivity (Wildman–Crippen MR) is 110 cm³/mol. The zero-order chi connectivity index (χ0) is 20.1. The maximum atomic E-state index is 13.0. The standard InChI is InChI=1S/C20H24N4O3S/c1-4-6-11-28-20-23-17-16(18(25)24-20)15(13-7-9-21-10-8-13)14(12(3)22-17)19(26)27-5-2/h7-10,15H,4-6,11H2,1-3H3,(H2,22,23,24,25). The number of esters is 1. The molecule has 2 aromatic heterocycles. The van der Waals surface area contributed by atoms with Crippen LogP contribution in [-0.2, 0) is 9.53 Å². The minimum absolute atomic E-state index is 0.257. The van der Waals surface area contributed by atoms with E-state index in [9.17, 15) is 9.59 Å². The molecule has 7 nitrogen and oxygen atoms in total. The molecule has 8 heteroatoms. The Morgan fingerprint density at radius 2 is 2.04 bits per heavy atom. The summed E-state index contributed by atoms with van der Waals surface area (Å²) in [4.78, 5) is 37.2. The number of rotatable bonds is 7. The van der Waals surface area contributed by atoms with Crippen LogP contribution in [-0.4, -0.2) is 33.3 Å². The lowest BCUT2D eigenvalue weighted by atomic mass is 9.83. The zero-order valence-electron chi connectivity index (χ0n) is 16.2. The molecule has 2 aromatic rings. The first-order chi connectivity index (χ1) is 13.6. The average molecular weight is 401 g/mol. The van der Waals surface area contributed by atoms with E-state index in [1.165, 1.54) is 11.8 Å². The SMILES string of the molecule is CCCCSc1nc2c(c(=O)[nH]1)C(c1ccncc1)C(C(=O)OCC)=C(C)N2. The number of H-pyrrole nitrogens is 1. The second kappa shape index (κ2) is 9.05. The second-order valence-corrected chi connectivity index (χ2v) is 7.52. The molecule has 1 aliphatic rings. The molecule has 0 aromatic carbocycles. The van der Waals surface area contributed by atoms with Crippen LogP contribution in [0, 0.1) is 0 Å². The molecule has 0 amide bonds. The summed E-state index contributed by atoms with van der Waals surface area (Å²) < 4.78 is 5.26. The minimum Gasteiger partial charge on any atom is -0.463 e. The number of hydrogen-bond donors (Lipinski definition) is 2. The monoisotopic (exact) mass is 400 g/mol. The van der Waals surface area contributed by atoms with E-state index in [0.29, 0.717) is 27.8 Å². The molecule has 0 saturated carbocycles. The van der Waals surface area contributed by atoms with E-state index in [1.54, 1.807) is 38.4 Å². The molecule has 1 unspecified atom stereocenters. The topological polar surface area (TPSA) is 97.0 Å². The summed E-state index contributed by atoms with van der Waals surface area (Å²) >= 11 is 1.52. The molecule has 0 radical (unpaired) electrons. The van der Waals surface area contributed by atoms with E-state index in [4.69, 9.17) is 4.74 Å². The van der Waals surface area contributed by atoms with Crippen LogP contribution in [0.5, 0.6) is 0 Å². The number of unbranched alkanes of at least 4 members (excludes halogenated alkanes) is 1. The molecule has 1 atom stereocenters. The highest BCUT2D eigenvalue weighted by Gasteiger charge is 2.36. The number of anilines is 1. The predicted octanol–water partition coefficient (Wildman–Crippen LogP) is 3.45. The number of carbonyl (C=O) groups is 1. The van der Waals surface area contributed by atoms with Gasteiger partial charge in [0.25, 0.3) is 5.56 Å². The Bertz CT molecular complexity index is 940. The van der Waals surface area contributed by atoms with Crippen LogP contribution >= 0.6 is 11.8 Å². The first kappa shape index (κ1) is 20.1. The van der Waals surface area contributed by atoms with E-state index in [0.717, 1.165) is 24.2 Å². The van der Waals surface area contributed by atoms with Gasteiger partial charge in [-0.2, -0.15) is 0 Å². The van der Waals surface area contributed by atoms with Crippen LogP contribution < -0.4 is 10.9 Å². The van der Waals surface area contributed by atoms with Gasteiger partial charge in [0.2, 0.25) is 0 Å². The highest BCUT2D eigenvalue weighted by atomic mass is 32.2. The maximum absolute atomic E-state index is 13.0. The summed E-state index contributed by atoms with van der Waals surface area (Å²) in [5.41, 5.74) is 2.00. The molecule has 0 aliphatic carbocycles. The van der Waals surface area contributed by atoms with Crippen LogP contribution in [0.1, 0.15) is 50.7 Å². The lowest BCUT2D eigenvalue weighted by Gasteiger charge is -2.28. The molecule has 3 rings (SSSR count). The average Bonchev–Trinajstić information content (AvgIpc) is 2.68. The smallest absolute Gasteiger partial charge is 0.336 e. The first-order valence-electron chi connectivity index (χ1n) is 9.38. The van der Waals surface area contributed by atoms with Gasteiger partial charge in [0, 0.05) is 23.8 Å². The van der Waals surface area contributed by atoms with Crippen molar-refractivity contribution in [2.24, 2.45) is 0 Å². The van der Waals surface area contributed by atoms with Gasteiger partial charge in [-0.25, -0.2) is 9.78 Å². The minimum atomic E-state index is -0.566. The molecule has 148 valence electrons. The summed E-state index contributed by atoms with van der Waals surface area (Å²) in [5, 5.41) is 3.71. The Morgan fingerprint density at radius 3 is 2.71 bits per heavy atom. The quantitative estimate of drug-likeness (QED) is 0.318. The van der Waals surface area contributed by atoms with Gasteiger partial charge < -0.3 is 15.0 Å². The Morgan fingerprint density at radius 1 is 1.29 bits per heavy atom. The van der Waals surface area contributed by atoms with Crippen molar-refractivity contribution < 1.29 is 9.53 Å². The summed E-state index contributed by atoms with van der Waals surface area (Å²) in [6.07, 6.45) is 5.41. The molecule has 1 aliphatic heterocycles. The summed E-state index contributed by atoms with van der Waals surface area (Å²) in [5.74, 6) is 0.356. The van der Waals surface area contributed by atoms with Gasteiger partial charge >= 0.3 is 5.97 Å². The van der Waals surface area contributed by atoms with Gasteiger partial charge in [-0.1, -0.05) is 25.1 Å². The third-order valence-electron chi connectivity index (χ3n) is 4.49. The molecular formula is C20H24N4O3S. The number of aromatic amines is 1. The highest BCUT2D eigenvalue weighted by molar-refractivity contribution is 7.99. The summed E-state index contributed by atoms with van der Waals surface area (Å²) in [6.45, 7) is 5.94. The molecule has 0 fully saturated rings. The Labute approximate surface area is 168 Å². The van der Waals surface area contributed by atoms with Gasteiger partial charge in [-0.3, -0.25) is 9.78 Å². The molecule has 0 saturated heterocycles. The number of hydrogen-bond acceptors (Lipinski definition) is 7. The van der Waals surface area contributed by atoms with Crippen LogP contribution in [0.25, 0.3) is 0 Å². The van der Waals surface area contributed by atoms with Crippen molar-refractivity contribution in [3.05, 3.63) is 57.3 Å². The zero-order valence-corrected chi connectivity index (χ0v) is 17.1. The van der Waals surface area contributed by atoms with E-state index in [-0.39, 0.29) is 12.2 Å². The summed E-state index contributed by atoms with van der Waals surface area (Å²) in [6, 6.07) is 3.60. The van der Waals surface area contributed by atoms with E-state index in [1.807, 2.05) is 0 Å². The van der Waals surface area contributed by atoms with Crippen molar-refractivity contribution >= 4 is 23.5 Å². The summed E-state index contributed by atoms with van der Waals surface area (Å²) in [7, 11) is 0. The number of nitrogens with zero attached hydrogens (tertiary/aromatic N) is 2. The first-order valence-corrected chi connectivity index (χ1v) is 10.4. The van der Waals surface area contributed by atoms with Crippen molar-refractivity contribution in [3.8, 4) is 0 Å². The van der Waals surface area contributed by atoms with E-state index in [2.05, 4.69) is 27.2 Å². The van der Waals surface area contributed by atoms with E-state index < -0.39 is 11.9 Å². The fraction of sp³-hybridized carbons (Fsp3) is 0.400. The van der Waals surface area contributed by atoms with Gasteiger partial charge in [-0.05, 0) is 38.0 Å². The lowest BCUT2D eigenvalue weighted by Crippen LogP contribution is -2.31. The normalized spacial score (nSPS) is 15.8. The van der Waals surface area contributed by atoms with Gasteiger partial charge in [-0.15, -0.1) is 0 Å². The molecule has 2 N–H and O–H groups in total. The number of thioether (sulfide) groups is 1. The number of pyridine rings is 1. The Hall–Kier alpha value is -2.61. The number of fused-ring (bicyclic) bond motifs is 1. The Balaban J connectivity index is 2.11. The molecule has 0 spiro atoms. The van der Waals surface area contributed by atoms with Crippen molar-refractivity contribution in [2.45, 2.75) is 44.7 Å². The van der Waals surface area contributed by atoms with Gasteiger partial charge in [0.1, 0.15) is 5.82 Å². The van der Waals surface area contributed by atoms with Gasteiger partial charge in [0.05, 0.1) is 23.7 Å². The second-order valence-electron chi connectivity index (χ2n) is 6.43. The Kier molecular flexibility index (Phi) is 6.51. The molecular weight excluding hydrogens is 376 g/mol. The van der Waals surface area contributed by atoms with Crippen molar-refractivity contribution in [1.29, 1.82) is 0 Å². The van der Waals surface area contributed by atoms with Crippen LogP contribution in [0.3, 0.4) is 0 Å². The molecule has 28 heavy (non-hydrogen) atoms. The maximum Gasteiger partial charge on any atom is 0.336 e. The third-order valence-corrected chi connectivity index (χ3v) is 5.45. The number of allylic oxidation sites excluding steroid dienone is 1. The number of ether oxygens (including phenoxy) is 1. The van der Waals surface area contributed by atoms with Crippen molar-refractivity contribution in [3.63, 3.8) is 0 Å². The molecule has 0 bridgehead atoms. The van der Waals surface area contributed by atoms with Crippen molar-refractivity contribution in [1.82, 2.24) is 15.0 Å². The largest absolute Gasteiger partial charge is 0.463 e. The molecule has 3 heterocycles. The van der Waals surface area contributed by atoms with Crippen LogP contribution in [0.4, 0.5) is 5.82 Å². The van der Waals surface area contributed by atoms with Crippen LogP contribution in [0.15, 0.2) is 45.7 Å². The number of nitrogens with one attached hydrogen (secondary N) is 2. The fourth-order valence-electron chi connectivity index (χ4n) is 3.18. The fourth-order valence-corrected chi connectivity index (χ4v) is 4.13. The third kappa shape index (κ3) is 4.11. The number of aromatic nitrogens is 3. The lowest BCUT2D eigenvalue weighted by molar-refractivity contribution is -0.138. The van der Waals surface area contributed by atoms with Gasteiger partial charge in [0.15, 0.2) is 5.16 Å². The van der Waals surface area contributed by atoms with Crippen LogP contribution in [0.2, 0.25) is 0 Å².